The smallest absolute Gasteiger partial charge is 0.310 e. The van der Waals surface area contributed by atoms with Crippen molar-refractivity contribution in [1.29, 1.82) is 0 Å². The Kier molecular flexibility index (Phi) is 11.0. The van der Waals surface area contributed by atoms with Gasteiger partial charge in [-0.2, -0.15) is 0 Å². The van der Waals surface area contributed by atoms with Crippen molar-refractivity contribution < 1.29 is 22.7 Å². The number of carbonyl (C=O) groups excluding carboxylic acids is 1. The van der Waals surface area contributed by atoms with Crippen LogP contribution < -0.4 is 19.5 Å². The van der Waals surface area contributed by atoms with Crippen molar-refractivity contribution in [3.63, 3.8) is 0 Å². The molecule has 7 nitrogen and oxygen atoms in total. The summed E-state index contributed by atoms with van der Waals surface area (Å²) in [6, 6.07) is 13.0. The lowest BCUT2D eigenvalue weighted by Crippen LogP contribution is -2.27. The number of anilines is 1. The highest BCUT2D eigenvalue weighted by Crippen LogP contribution is 2.37. The summed E-state index contributed by atoms with van der Waals surface area (Å²) in [5, 5.41) is 3.38. The number of piperidine rings is 1. The van der Waals surface area contributed by atoms with Crippen LogP contribution in [0.2, 0.25) is 0 Å². The summed E-state index contributed by atoms with van der Waals surface area (Å²) in [6.07, 6.45) is 5.71. The quantitative estimate of drug-likeness (QED) is 0.264. The maximum Gasteiger partial charge on any atom is 0.310 e. The Morgan fingerprint density at radius 1 is 1.03 bits per heavy atom. The van der Waals surface area contributed by atoms with Gasteiger partial charge in [0, 0.05) is 6.42 Å². The highest BCUT2D eigenvalue weighted by atomic mass is 35.5. The number of para-hydroxylation sites is 1. The molecule has 2 aromatic carbocycles. The molecule has 3 rings (SSSR count). The SMILES string of the molecule is CCC(=O)Oc1cccc(OCCCCC2CCNCC2)c1NS(=O)(=O)c1ccccc1.Cl. The van der Waals surface area contributed by atoms with Crippen molar-refractivity contribution in [2.45, 2.75) is 50.3 Å². The molecule has 1 heterocycles. The molecule has 0 aliphatic carbocycles. The van der Waals surface area contributed by atoms with Gasteiger partial charge in [-0.25, -0.2) is 8.42 Å². The third kappa shape index (κ3) is 8.21. The second-order valence-electron chi connectivity index (χ2n) is 7.91. The number of unbranched alkanes of at least 4 members (excludes halogenated alkanes) is 1. The number of sulfonamides is 1. The summed E-state index contributed by atoms with van der Waals surface area (Å²) in [4.78, 5) is 12.0. The van der Waals surface area contributed by atoms with E-state index in [0.29, 0.717) is 12.4 Å². The topological polar surface area (TPSA) is 93.7 Å². The van der Waals surface area contributed by atoms with Crippen LogP contribution in [0.1, 0.15) is 45.4 Å². The van der Waals surface area contributed by atoms with Gasteiger partial charge < -0.3 is 14.8 Å². The second kappa shape index (κ2) is 13.4. The Balaban J connectivity index is 0.00000385. The van der Waals surface area contributed by atoms with E-state index in [9.17, 15) is 13.2 Å². The van der Waals surface area contributed by atoms with Crippen LogP contribution in [0, 0.1) is 5.92 Å². The van der Waals surface area contributed by atoms with Crippen molar-refractivity contribution in [2.75, 3.05) is 24.4 Å². The van der Waals surface area contributed by atoms with Crippen LogP contribution in [0.5, 0.6) is 11.5 Å². The monoisotopic (exact) mass is 496 g/mol. The molecule has 1 aliphatic heterocycles. The van der Waals surface area contributed by atoms with E-state index in [0.717, 1.165) is 31.8 Å². The molecule has 0 aromatic heterocycles. The Morgan fingerprint density at radius 3 is 2.42 bits per heavy atom. The molecule has 2 N–H and O–H groups in total. The minimum atomic E-state index is -3.88. The van der Waals surface area contributed by atoms with Crippen molar-refractivity contribution >= 4 is 34.1 Å². The molecule has 0 saturated carbocycles. The van der Waals surface area contributed by atoms with Gasteiger partial charge in [0.1, 0.15) is 11.4 Å². The highest BCUT2D eigenvalue weighted by Gasteiger charge is 2.21. The number of ether oxygens (including phenoxy) is 2. The van der Waals surface area contributed by atoms with Crippen LogP contribution in [0.25, 0.3) is 0 Å². The summed E-state index contributed by atoms with van der Waals surface area (Å²) in [5.74, 6) is 0.780. The van der Waals surface area contributed by atoms with Crippen LogP contribution in [-0.2, 0) is 14.8 Å². The number of hydrogen-bond donors (Lipinski definition) is 2. The Bertz CT molecular complexity index is 980. The summed E-state index contributed by atoms with van der Waals surface area (Å²) in [7, 11) is -3.88. The minimum absolute atomic E-state index is 0. The van der Waals surface area contributed by atoms with Crippen LogP contribution in [0.3, 0.4) is 0 Å². The molecule has 182 valence electrons. The van der Waals surface area contributed by atoms with Gasteiger partial charge >= 0.3 is 5.97 Å². The van der Waals surface area contributed by atoms with Gasteiger partial charge in [0.25, 0.3) is 10.0 Å². The molecule has 1 fully saturated rings. The lowest BCUT2D eigenvalue weighted by molar-refractivity contribution is -0.133. The standard InChI is InChI=1S/C24H32N2O5S.ClH/c1-2-23(27)31-22-13-8-12-21(30-18-7-6-9-19-14-16-25-17-15-19)24(22)26-32(28,29)20-10-4-3-5-11-20;/h3-5,8,10-13,19,25-26H,2,6-7,9,14-18H2,1H3;1H. The Labute approximate surface area is 202 Å². The van der Waals surface area contributed by atoms with Gasteiger partial charge in [0.2, 0.25) is 0 Å². The van der Waals surface area contributed by atoms with E-state index in [2.05, 4.69) is 10.0 Å². The van der Waals surface area contributed by atoms with Crippen LogP contribution in [0.15, 0.2) is 53.4 Å². The zero-order valence-electron chi connectivity index (χ0n) is 18.9. The predicted octanol–water partition coefficient (Wildman–Crippen LogP) is 4.77. The number of rotatable bonds is 11. The molecule has 0 atom stereocenters. The fraction of sp³-hybridized carbons (Fsp3) is 0.458. The zero-order chi connectivity index (χ0) is 22.8. The largest absolute Gasteiger partial charge is 0.491 e. The maximum absolute atomic E-state index is 12.9. The van der Waals surface area contributed by atoms with Gasteiger partial charge in [-0.15, -0.1) is 12.4 Å². The molecular weight excluding hydrogens is 464 g/mol. The van der Waals surface area contributed by atoms with E-state index in [1.807, 2.05) is 0 Å². The number of esters is 1. The first-order chi connectivity index (χ1) is 15.5. The molecule has 33 heavy (non-hydrogen) atoms. The zero-order valence-corrected chi connectivity index (χ0v) is 20.6. The third-order valence-electron chi connectivity index (χ3n) is 5.51. The second-order valence-corrected chi connectivity index (χ2v) is 9.60. The average molecular weight is 497 g/mol. The van der Waals surface area contributed by atoms with E-state index in [1.54, 1.807) is 43.3 Å². The molecular formula is C24H33ClN2O5S. The fourth-order valence-corrected chi connectivity index (χ4v) is 4.80. The van der Waals surface area contributed by atoms with E-state index in [-0.39, 0.29) is 35.2 Å². The molecule has 2 aromatic rings. The Morgan fingerprint density at radius 2 is 1.73 bits per heavy atom. The van der Waals surface area contributed by atoms with Gasteiger partial charge in [-0.3, -0.25) is 9.52 Å². The van der Waals surface area contributed by atoms with E-state index >= 15 is 0 Å². The first-order valence-corrected chi connectivity index (χ1v) is 12.7. The first-order valence-electron chi connectivity index (χ1n) is 11.2. The van der Waals surface area contributed by atoms with E-state index in [1.165, 1.54) is 31.4 Å². The van der Waals surface area contributed by atoms with Crippen molar-refractivity contribution in [1.82, 2.24) is 5.32 Å². The molecule has 0 spiro atoms. The normalized spacial score (nSPS) is 14.2. The lowest BCUT2D eigenvalue weighted by Gasteiger charge is -2.22. The maximum atomic E-state index is 12.9. The van der Waals surface area contributed by atoms with Gasteiger partial charge in [0.15, 0.2) is 5.75 Å². The summed E-state index contributed by atoms with van der Waals surface area (Å²) in [5.41, 5.74) is 0.136. The number of carbonyl (C=O) groups is 1. The average Bonchev–Trinajstić information content (AvgIpc) is 2.81. The summed E-state index contributed by atoms with van der Waals surface area (Å²) < 4.78 is 39.7. The molecule has 9 heteroatoms. The first kappa shape index (κ1) is 27.0. The number of benzene rings is 2. The van der Waals surface area contributed by atoms with Gasteiger partial charge in [-0.1, -0.05) is 37.6 Å². The summed E-state index contributed by atoms with van der Waals surface area (Å²) >= 11 is 0. The molecule has 0 amide bonds. The molecule has 0 radical (unpaired) electrons. The van der Waals surface area contributed by atoms with Crippen LogP contribution in [-0.4, -0.2) is 34.1 Å². The summed E-state index contributed by atoms with van der Waals surface area (Å²) in [6.45, 7) is 4.32. The van der Waals surface area contributed by atoms with Crippen molar-refractivity contribution in [2.24, 2.45) is 5.92 Å². The number of hydrogen-bond acceptors (Lipinski definition) is 6. The predicted molar refractivity (Wildman–Crippen MR) is 132 cm³/mol. The van der Waals surface area contributed by atoms with Crippen LogP contribution >= 0.6 is 12.4 Å². The highest BCUT2D eigenvalue weighted by molar-refractivity contribution is 7.92. The van der Waals surface area contributed by atoms with Crippen LogP contribution in [0.4, 0.5) is 5.69 Å². The molecule has 0 bridgehead atoms. The van der Waals surface area contributed by atoms with Crippen molar-refractivity contribution in [3.05, 3.63) is 48.5 Å². The molecule has 1 saturated heterocycles. The van der Waals surface area contributed by atoms with Gasteiger partial charge in [0.05, 0.1) is 11.5 Å². The van der Waals surface area contributed by atoms with E-state index in [4.69, 9.17) is 9.47 Å². The molecule has 0 unspecified atom stereocenters. The lowest BCUT2D eigenvalue weighted by atomic mass is 9.93. The Hall–Kier alpha value is -2.29. The van der Waals surface area contributed by atoms with Gasteiger partial charge in [-0.05, 0) is 69.0 Å². The van der Waals surface area contributed by atoms with Crippen molar-refractivity contribution in [3.8, 4) is 11.5 Å². The minimum Gasteiger partial charge on any atom is -0.491 e. The molecule has 1 aliphatic rings. The van der Waals surface area contributed by atoms with E-state index < -0.39 is 16.0 Å². The number of halogens is 1. The number of nitrogens with one attached hydrogen (secondary N) is 2. The third-order valence-corrected chi connectivity index (χ3v) is 6.88. The fourth-order valence-electron chi connectivity index (χ4n) is 3.69.